The van der Waals surface area contributed by atoms with Gasteiger partial charge in [-0.25, -0.2) is 0 Å². The molecule has 1 unspecified atom stereocenters. The first-order chi connectivity index (χ1) is 7.60. The summed E-state index contributed by atoms with van der Waals surface area (Å²) in [5, 5.41) is 9.60. The molecule has 84 valence electrons. The molecule has 3 nitrogen and oxygen atoms in total. The van der Waals surface area contributed by atoms with Crippen molar-refractivity contribution in [2.24, 2.45) is 0 Å². The maximum absolute atomic E-state index is 11.5. The average molecular weight is 258 g/mol. The van der Waals surface area contributed by atoms with E-state index in [1.54, 1.807) is 19.1 Å². The average Bonchev–Trinajstić information content (AvgIpc) is 2.25. The largest absolute Gasteiger partial charge is 0.465 e. The number of esters is 1. The molecule has 0 N–H and O–H groups in total. The lowest BCUT2D eigenvalue weighted by molar-refractivity contribution is -0.143. The van der Waals surface area contributed by atoms with Crippen molar-refractivity contribution in [3.63, 3.8) is 0 Å². The van der Waals surface area contributed by atoms with Crippen LogP contribution in [-0.4, -0.2) is 12.6 Å². The molecule has 16 heavy (non-hydrogen) atoms. The zero-order valence-corrected chi connectivity index (χ0v) is 10.0. The molecule has 0 fully saturated rings. The van der Waals surface area contributed by atoms with Crippen LogP contribution in [0, 0.1) is 11.3 Å². The summed E-state index contributed by atoms with van der Waals surface area (Å²) in [7, 11) is 0. The van der Waals surface area contributed by atoms with Crippen molar-refractivity contribution in [1.82, 2.24) is 0 Å². The molecule has 0 aliphatic carbocycles. The Hall–Kier alpha value is -1.24. The highest BCUT2D eigenvalue weighted by atomic mass is 35.5. The molecule has 0 aliphatic rings. The van der Waals surface area contributed by atoms with Crippen LogP contribution in [-0.2, 0) is 9.53 Å². The summed E-state index contributed by atoms with van der Waals surface area (Å²) in [6, 6.07) is 6.49. The number of halogens is 2. The number of ether oxygens (including phenoxy) is 1. The van der Waals surface area contributed by atoms with Crippen molar-refractivity contribution in [3.8, 4) is 6.07 Å². The molecule has 0 saturated carbocycles. The Balaban J connectivity index is 3.01. The van der Waals surface area contributed by atoms with Crippen molar-refractivity contribution in [2.75, 3.05) is 6.61 Å². The summed E-state index contributed by atoms with van der Waals surface area (Å²) in [6.07, 6.45) is 0. The predicted octanol–water partition coefficient (Wildman–Crippen LogP) is 3.16. The molecule has 1 aromatic rings. The van der Waals surface area contributed by atoms with E-state index in [0.717, 1.165) is 0 Å². The van der Waals surface area contributed by atoms with Gasteiger partial charge in [0.25, 0.3) is 0 Å². The third kappa shape index (κ3) is 2.88. The number of benzene rings is 1. The number of rotatable bonds is 3. The molecule has 0 aromatic heterocycles. The minimum Gasteiger partial charge on any atom is -0.465 e. The van der Waals surface area contributed by atoms with Crippen molar-refractivity contribution < 1.29 is 9.53 Å². The Bertz CT molecular complexity index is 440. The van der Waals surface area contributed by atoms with Gasteiger partial charge in [0.1, 0.15) is 0 Å². The monoisotopic (exact) mass is 257 g/mol. The summed E-state index contributed by atoms with van der Waals surface area (Å²) in [6.45, 7) is 1.92. The first-order valence-electron chi connectivity index (χ1n) is 4.61. The number of carbonyl (C=O) groups is 1. The van der Waals surface area contributed by atoms with Crippen LogP contribution in [0.1, 0.15) is 18.4 Å². The van der Waals surface area contributed by atoms with Crippen molar-refractivity contribution in [2.45, 2.75) is 12.8 Å². The van der Waals surface area contributed by atoms with E-state index in [4.69, 9.17) is 33.2 Å². The summed E-state index contributed by atoms with van der Waals surface area (Å²) in [5.74, 6) is -1.54. The van der Waals surface area contributed by atoms with Gasteiger partial charge in [0.05, 0.1) is 22.7 Å². The van der Waals surface area contributed by atoms with Crippen LogP contribution >= 0.6 is 23.2 Å². The lowest BCUT2D eigenvalue weighted by Gasteiger charge is -2.09. The van der Waals surface area contributed by atoms with Crippen LogP contribution < -0.4 is 0 Å². The van der Waals surface area contributed by atoms with E-state index in [1.807, 2.05) is 6.07 Å². The molecule has 0 radical (unpaired) electrons. The van der Waals surface area contributed by atoms with Crippen LogP contribution in [0.5, 0.6) is 0 Å². The second kappa shape index (κ2) is 5.74. The fraction of sp³-hybridized carbons (Fsp3) is 0.273. The maximum Gasteiger partial charge on any atom is 0.327 e. The van der Waals surface area contributed by atoms with Crippen LogP contribution in [0.3, 0.4) is 0 Å². The van der Waals surface area contributed by atoms with Gasteiger partial charge in [0.2, 0.25) is 0 Å². The van der Waals surface area contributed by atoms with Gasteiger partial charge in [-0.1, -0.05) is 29.3 Å². The van der Waals surface area contributed by atoms with E-state index in [2.05, 4.69) is 0 Å². The zero-order valence-electron chi connectivity index (χ0n) is 8.54. The Morgan fingerprint density at radius 3 is 2.69 bits per heavy atom. The highest BCUT2D eigenvalue weighted by Crippen LogP contribution is 2.26. The van der Waals surface area contributed by atoms with Crippen molar-refractivity contribution in [3.05, 3.63) is 33.8 Å². The van der Waals surface area contributed by atoms with Crippen LogP contribution in [0.15, 0.2) is 18.2 Å². The molecule has 0 spiro atoms. The van der Waals surface area contributed by atoms with E-state index in [9.17, 15) is 4.79 Å². The van der Waals surface area contributed by atoms with Crippen LogP contribution in [0.4, 0.5) is 0 Å². The first kappa shape index (κ1) is 12.8. The van der Waals surface area contributed by atoms with E-state index in [0.29, 0.717) is 15.6 Å². The lowest BCUT2D eigenvalue weighted by atomic mass is 10.0. The van der Waals surface area contributed by atoms with Gasteiger partial charge in [0.15, 0.2) is 5.92 Å². The second-order valence-corrected chi connectivity index (χ2v) is 3.80. The quantitative estimate of drug-likeness (QED) is 0.782. The number of nitrogens with zero attached hydrogens (tertiary/aromatic N) is 1. The molecule has 1 aromatic carbocycles. The molecule has 0 saturated heterocycles. The highest BCUT2D eigenvalue weighted by Gasteiger charge is 2.21. The summed E-state index contributed by atoms with van der Waals surface area (Å²) >= 11 is 11.5. The number of carbonyl (C=O) groups excluding carboxylic acids is 1. The van der Waals surface area contributed by atoms with Crippen LogP contribution in [0.25, 0.3) is 0 Å². The molecule has 5 heteroatoms. The Labute approximate surface area is 104 Å². The summed E-state index contributed by atoms with van der Waals surface area (Å²) in [5.41, 5.74) is 0.482. The minimum absolute atomic E-state index is 0.234. The van der Waals surface area contributed by atoms with Gasteiger partial charge < -0.3 is 4.74 Å². The third-order valence-electron chi connectivity index (χ3n) is 1.93. The number of nitriles is 1. The van der Waals surface area contributed by atoms with Gasteiger partial charge in [-0.2, -0.15) is 5.26 Å². The normalized spacial score (nSPS) is 11.6. The van der Waals surface area contributed by atoms with E-state index < -0.39 is 11.9 Å². The number of hydrogen-bond donors (Lipinski definition) is 0. The molecule has 0 heterocycles. The fourth-order valence-corrected chi connectivity index (χ4v) is 1.49. The summed E-state index contributed by atoms with van der Waals surface area (Å²) in [4.78, 5) is 11.5. The molecule has 0 amide bonds. The standard InChI is InChI=1S/C11H9Cl2NO2/c1-2-16-11(15)8(6-14)7-3-4-9(12)10(13)5-7/h3-5,8H,2H2,1H3. The smallest absolute Gasteiger partial charge is 0.327 e. The Morgan fingerprint density at radius 1 is 1.50 bits per heavy atom. The lowest BCUT2D eigenvalue weighted by Crippen LogP contribution is -2.14. The highest BCUT2D eigenvalue weighted by molar-refractivity contribution is 6.42. The SMILES string of the molecule is CCOC(=O)C(C#N)c1ccc(Cl)c(Cl)c1. The van der Waals surface area contributed by atoms with Gasteiger partial charge in [-0.15, -0.1) is 0 Å². The topological polar surface area (TPSA) is 50.1 Å². The Morgan fingerprint density at radius 2 is 2.19 bits per heavy atom. The second-order valence-electron chi connectivity index (χ2n) is 2.99. The van der Waals surface area contributed by atoms with E-state index in [-0.39, 0.29) is 6.61 Å². The Kier molecular flexibility index (Phi) is 4.60. The maximum atomic E-state index is 11.5. The fourth-order valence-electron chi connectivity index (χ4n) is 1.18. The molecular formula is C11H9Cl2NO2. The minimum atomic E-state index is -0.963. The number of hydrogen-bond acceptors (Lipinski definition) is 3. The van der Waals surface area contributed by atoms with Gasteiger partial charge in [-0.3, -0.25) is 4.79 Å². The molecule has 0 aliphatic heterocycles. The molecular weight excluding hydrogens is 249 g/mol. The predicted molar refractivity (Wildman–Crippen MR) is 61.4 cm³/mol. The van der Waals surface area contributed by atoms with E-state index in [1.165, 1.54) is 6.07 Å². The van der Waals surface area contributed by atoms with Crippen LogP contribution in [0.2, 0.25) is 10.0 Å². The van der Waals surface area contributed by atoms with Crippen molar-refractivity contribution in [1.29, 1.82) is 5.26 Å². The van der Waals surface area contributed by atoms with E-state index >= 15 is 0 Å². The molecule has 0 bridgehead atoms. The van der Waals surface area contributed by atoms with Gasteiger partial charge >= 0.3 is 5.97 Å². The van der Waals surface area contributed by atoms with Gasteiger partial charge in [0, 0.05) is 0 Å². The first-order valence-corrected chi connectivity index (χ1v) is 5.37. The third-order valence-corrected chi connectivity index (χ3v) is 2.67. The zero-order chi connectivity index (χ0) is 12.1. The summed E-state index contributed by atoms with van der Waals surface area (Å²) < 4.78 is 4.78. The molecule has 1 rings (SSSR count). The molecule has 1 atom stereocenters. The van der Waals surface area contributed by atoms with Gasteiger partial charge in [-0.05, 0) is 24.6 Å². The van der Waals surface area contributed by atoms with Crippen molar-refractivity contribution >= 4 is 29.2 Å².